The predicted molar refractivity (Wildman–Crippen MR) is 123 cm³/mol. The van der Waals surface area contributed by atoms with Gasteiger partial charge < -0.3 is 10.2 Å². The molecule has 4 nitrogen and oxygen atoms in total. The average molecular weight is 403 g/mol. The largest absolute Gasteiger partial charge is 0.319 e. The van der Waals surface area contributed by atoms with Crippen molar-refractivity contribution >= 4 is 23.8 Å². The fourth-order valence-corrected chi connectivity index (χ4v) is 3.59. The number of piperidine rings is 1. The van der Waals surface area contributed by atoms with E-state index in [1.54, 1.807) is 12.2 Å². The zero-order valence-electron chi connectivity index (χ0n) is 17.4. The van der Waals surface area contributed by atoms with Crippen molar-refractivity contribution in [1.82, 2.24) is 10.2 Å². The second-order valence-corrected chi connectivity index (χ2v) is 7.63. The summed E-state index contributed by atoms with van der Waals surface area (Å²) in [6.45, 7) is 3.19. The molecule has 0 saturated carbocycles. The number of hydrogen-bond acceptors (Lipinski definition) is 3. The number of ketones is 1. The highest BCUT2D eigenvalue weighted by Gasteiger charge is 2.14. The molecule has 2 aromatic carbocycles. The number of amides is 1. The maximum Gasteiger partial charge on any atom is 0.248 e. The van der Waals surface area contributed by atoms with Gasteiger partial charge in [0.15, 0.2) is 5.78 Å². The number of hydrogen-bond donors (Lipinski definition) is 1. The third-order valence-electron chi connectivity index (χ3n) is 5.22. The van der Waals surface area contributed by atoms with Crippen molar-refractivity contribution in [3.8, 4) is 0 Å². The number of nitrogens with zero attached hydrogens (tertiary/aromatic N) is 1. The second-order valence-electron chi connectivity index (χ2n) is 7.63. The number of allylic oxidation sites excluding steroid dienone is 1. The van der Waals surface area contributed by atoms with Gasteiger partial charge in [0.05, 0.1) is 5.70 Å². The molecule has 4 heteroatoms. The summed E-state index contributed by atoms with van der Waals surface area (Å²) in [6, 6.07) is 19.2. The van der Waals surface area contributed by atoms with Gasteiger partial charge in [-0.25, -0.2) is 0 Å². The van der Waals surface area contributed by atoms with Gasteiger partial charge in [0.2, 0.25) is 5.91 Å². The first kappa shape index (κ1) is 21.7. The Balaban J connectivity index is 1.62. The predicted octanol–water partition coefficient (Wildman–Crippen LogP) is 4.69. The SMILES string of the molecule is O=C(/C=C/c1ccccc1)N/C(=C\c1ccccc1)C(=O)CCCN1CCCCC1. The Morgan fingerprint density at radius 1 is 0.867 bits per heavy atom. The lowest BCUT2D eigenvalue weighted by atomic mass is 10.1. The van der Waals surface area contributed by atoms with Gasteiger partial charge >= 0.3 is 0 Å². The van der Waals surface area contributed by atoms with Gasteiger partial charge in [0.25, 0.3) is 0 Å². The molecule has 1 heterocycles. The zero-order valence-corrected chi connectivity index (χ0v) is 17.4. The van der Waals surface area contributed by atoms with E-state index < -0.39 is 0 Å². The van der Waals surface area contributed by atoms with E-state index in [4.69, 9.17) is 0 Å². The molecular weight excluding hydrogens is 372 g/mol. The Kier molecular flexibility index (Phi) is 8.61. The van der Waals surface area contributed by atoms with E-state index in [-0.39, 0.29) is 11.7 Å². The summed E-state index contributed by atoms with van der Waals surface area (Å²) in [5, 5.41) is 2.80. The molecule has 1 aliphatic heterocycles. The highest BCUT2D eigenvalue weighted by Crippen LogP contribution is 2.12. The van der Waals surface area contributed by atoms with Crippen LogP contribution in [0.3, 0.4) is 0 Å². The average Bonchev–Trinajstić information content (AvgIpc) is 2.79. The number of carbonyl (C=O) groups is 2. The van der Waals surface area contributed by atoms with Crippen LogP contribution in [0.5, 0.6) is 0 Å². The fourth-order valence-electron chi connectivity index (χ4n) is 3.59. The van der Waals surface area contributed by atoms with Crippen LogP contribution in [0.25, 0.3) is 12.2 Å². The molecule has 0 radical (unpaired) electrons. The number of carbonyl (C=O) groups excluding carboxylic acids is 2. The second kappa shape index (κ2) is 11.9. The highest BCUT2D eigenvalue weighted by atomic mass is 16.2. The van der Waals surface area contributed by atoms with Crippen LogP contribution in [0.4, 0.5) is 0 Å². The van der Waals surface area contributed by atoms with Crippen molar-refractivity contribution in [2.24, 2.45) is 0 Å². The van der Waals surface area contributed by atoms with Gasteiger partial charge in [0.1, 0.15) is 0 Å². The monoisotopic (exact) mass is 402 g/mol. The Hall–Kier alpha value is -2.98. The van der Waals surface area contributed by atoms with Crippen LogP contribution in [0.15, 0.2) is 72.4 Å². The van der Waals surface area contributed by atoms with Gasteiger partial charge in [-0.05, 0) is 62.2 Å². The summed E-state index contributed by atoms with van der Waals surface area (Å²) in [4.78, 5) is 27.7. The molecule has 1 N–H and O–H groups in total. The lowest BCUT2D eigenvalue weighted by Gasteiger charge is -2.26. The Morgan fingerprint density at radius 2 is 1.50 bits per heavy atom. The molecule has 0 bridgehead atoms. The molecule has 1 amide bonds. The van der Waals surface area contributed by atoms with Gasteiger partial charge in [-0.3, -0.25) is 9.59 Å². The van der Waals surface area contributed by atoms with E-state index in [0.717, 1.165) is 37.2 Å². The smallest absolute Gasteiger partial charge is 0.248 e. The molecule has 1 aliphatic rings. The molecule has 156 valence electrons. The van der Waals surface area contributed by atoms with Crippen molar-refractivity contribution in [1.29, 1.82) is 0 Å². The number of nitrogens with one attached hydrogen (secondary N) is 1. The Bertz CT molecular complexity index is 866. The zero-order chi connectivity index (χ0) is 21.0. The third kappa shape index (κ3) is 7.45. The summed E-state index contributed by atoms with van der Waals surface area (Å²) < 4.78 is 0. The van der Waals surface area contributed by atoms with E-state index in [0.29, 0.717) is 12.1 Å². The molecule has 0 aliphatic carbocycles. The summed E-state index contributed by atoms with van der Waals surface area (Å²) in [5.41, 5.74) is 2.18. The minimum Gasteiger partial charge on any atom is -0.319 e. The van der Waals surface area contributed by atoms with E-state index in [9.17, 15) is 9.59 Å². The molecule has 0 spiro atoms. The Morgan fingerprint density at radius 3 is 2.17 bits per heavy atom. The summed E-state index contributed by atoms with van der Waals surface area (Å²) in [5.74, 6) is -0.331. The maximum absolute atomic E-state index is 12.9. The first-order valence-electron chi connectivity index (χ1n) is 10.8. The van der Waals surface area contributed by atoms with Gasteiger partial charge in [-0.1, -0.05) is 67.1 Å². The van der Waals surface area contributed by atoms with Gasteiger partial charge in [-0.15, -0.1) is 0 Å². The minimum atomic E-state index is -0.301. The molecule has 0 unspecified atom stereocenters. The van der Waals surface area contributed by atoms with E-state index in [2.05, 4.69) is 10.2 Å². The van der Waals surface area contributed by atoms with Crippen LogP contribution in [0, 0.1) is 0 Å². The van der Waals surface area contributed by atoms with Crippen LogP contribution in [0.1, 0.15) is 43.2 Å². The first-order valence-corrected chi connectivity index (χ1v) is 10.8. The highest BCUT2D eigenvalue weighted by molar-refractivity contribution is 6.05. The Labute approximate surface area is 179 Å². The third-order valence-corrected chi connectivity index (χ3v) is 5.22. The summed E-state index contributed by atoms with van der Waals surface area (Å²) >= 11 is 0. The number of Topliss-reactive ketones (excluding diaryl/α,β-unsaturated/α-hetero) is 1. The van der Waals surface area contributed by atoms with E-state index >= 15 is 0 Å². The number of benzene rings is 2. The molecule has 1 saturated heterocycles. The maximum atomic E-state index is 12.9. The van der Waals surface area contributed by atoms with Crippen molar-refractivity contribution in [3.05, 3.63) is 83.6 Å². The normalized spacial score (nSPS) is 15.3. The fraction of sp³-hybridized carbons (Fsp3) is 0.308. The minimum absolute atomic E-state index is 0.0303. The molecule has 0 aromatic heterocycles. The van der Waals surface area contributed by atoms with Crippen molar-refractivity contribution in [2.45, 2.75) is 32.1 Å². The number of rotatable bonds is 9. The molecular formula is C26H30N2O2. The van der Waals surface area contributed by atoms with Gasteiger partial charge in [0, 0.05) is 12.5 Å². The summed E-state index contributed by atoms with van der Waals surface area (Å²) in [7, 11) is 0. The molecule has 30 heavy (non-hydrogen) atoms. The molecule has 2 aromatic rings. The summed E-state index contributed by atoms with van der Waals surface area (Å²) in [6.07, 6.45) is 10.0. The van der Waals surface area contributed by atoms with Crippen LogP contribution in [-0.2, 0) is 9.59 Å². The van der Waals surface area contributed by atoms with Crippen LogP contribution >= 0.6 is 0 Å². The molecule has 1 fully saturated rings. The quantitative estimate of drug-likeness (QED) is 0.619. The van der Waals surface area contributed by atoms with E-state index in [1.807, 2.05) is 60.7 Å². The van der Waals surface area contributed by atoms with Crippen molar-refractivity contribution in [2.75, 3.05) is 19.6 Å². The van der Waals surface area contributed by atoms with E-state index in [1.165, 1.54) is 25.3 Å². The lowest BCUT2D eigenvalue weighted by Crippen LogP contribution is -2.31. The van der Waals surface area contributed by atoms with Crippen LogP contribution < -0.4 is 5.32 Å². The van der Waals surface area contributed by atoms with Crippen LogP contribution in [0.2, 0.25) is 0 Å². The van der Waals surface area contributed by atoms with Crippen molar-refractivity contribution < 1.29 is 9.59 Å². The topological polar surface area (TPSA) is 49.4 Å². The van der Waals surface area contributed by atoms with Gasteiger partial charge in [-0.2, -0.15) is 0 Å². The molecule has 3 rings (SSSR count). The molecule has 0 atom stereocenters. The van der Waals surface area contributed by atoms with Crippen LogP contribution in [-0.4, -0.2) is 36.2 Å². The van der Waals surface area contributed by atoms with Crippen molar-refractivity contribution in [3.63, 3.8) is 0 Å². The standard InChI is InChI=1S/C26H30N2O2/c29-25(15-10-20-28-18-8-3-9-19-28)24(21-23-13-6-2-7-14-23)27-26(30)17-16-22-11-4-1-5-12-22/h1-2,4-7,11-14,16-17,21H,3,8-10,15,18-20H2,(H,27,30)/b17-16+,24-21-. The lowest BCUT2D eigenvalue weighted by molar-refractivity contribution is -0.120. The first-order chi connectivity index (χ1) is 14.7. The number of likely N-dealkylation sites (tertiary alicyclic amines) is 1.